The van der Waals surface area contributed by atoms with Crippen LogP contribution in [0.15, 0.2) is 72.9 Å². The van der Waals surface area contributed by atoms with Crippen LogP contribution in [0.4, 0.5) is 0 Å². The normalized spacial score (nSPS) is 10.5. The number of hydroxylamine groups is 1. The molecule has 2 aromatic rings. The Kier molecular flexibility index (Phi) is 3.92. The molecule has 2 aromatic carbocycles. The van der Waals surface area contributed by atoms with E-state index in [1.807, 2.05) is 67.6 Å². The SMILES string of the molecule is C/C=C/[N+]([O-])=C(c1ccccc1)c1ccccc1. The zero-order valence-corrected chi connectivity index (χ0v) is 10.3. The Balaban J connectivity index is 2.60. The van der Waals surface area contributed by atoms with Crippen LogP contribution in [0.1, 0.15) is 18.1 Å². The first-order valence-electron chi connectivity index (χ1n) is 5.90. The van der Waals surface area contributed by atoms with Crippen molar-refractivity contribution in [2.75, 3.05) is 0 Å². The van der Waals surface area contributed by atoms with Crippen LogP contribution in [0.5, 0.6) is 0 Å². The fourth-order valence-electron chi connectivity index (χ4n) is 1.82. The van der Waals surface area contributed by atoms with Gasteiger partial charge in [0.25, 0.3) is 0 Å². The predicted octanol–water partition coefficient (Wildman–Crippen LogP) is 3.57. The van der Waals surface area contributed by atoms with Gasteiger partial charge >= 0.3 is 0 Å². The van der Waals surface area contributed by atoms with E-state index in [2.05, 4.69) is 0 Å². The summed E-state index contributed by atoms with van der Waals surface area (Å²) >= 11 is 0. The van der Waals surface area contributed by atoms with Gasteiger partial charge in [0.15, 0.2) is 6.20 Å². The minimum Gasteiger partial charge on any atom is -0.618 e. The minimum atomic E-state index is 0.661. The van der Waals surface area contributed by atoms with Crippen LogP contribution in [0.25, 0.3) is 0 Å². The molecular formula is C16H15NO. The van der Waals surface area contributed by atoms with Crippen LogP contribution < -0.4 is 0 Å². The Morgan fingerprint density at radius 3 is 1.72 bits per heavy atom. The third kappa shape index (κ3) is 2.66. The highest BCUT2D eigenvalue weighted by Gasteiger charge is 2.13. The van der Waals surface area contributed by atoms with Crippen molar-refractivity contribution in [1.82, 2.24) is 0 Å². The van der Waals surface area contributed by atoms with E-state index in [-0.39, 0.29) is 0 Å². The molecule has 0 saturated carbocycles. The summed E-state index contributed by atoms with van der Waals surface area (Å²) in [6, 6.07) is 19.4. The van der Waals surface area contributed by atoms with Crippen molar-refractivity contribution < 1.29 is 4.74 Å². The predicted molar refractivity (Wildman–Crippen MR) is 74.5 cm³/mol. The summed E-state index contributed by atoms with van der Waals surface area (Å²) in [5.74, 6) is 0. The standard InChI is InChI=1S/C16H15NO/c1-2-13-17(18)16(14-9-5-3-6-10-14)15-11-7-4-8-12-15/h2-13H,1H3/b13-2+. The topological polar surface area (TPSA) is 26.1 Å². The molecule has 2 nitrogen and oxygen atoms in total. The molecule has 2 heteroatoms. The van der Waals surface area contributed by atoms with Gasteiger partial charge in [0.05, 0.1) is 0 Å². The van der Waals surface area contributed by atoms with E-state index < -0.39 is 0 Å². The first-order chi connectivity index (χ1) is 8.83. The summed E-state index contributed by atoms with van der Waals surface area (Å²) < 4.78 is 0.907. The molecule has 0 aliphatic carbocycles. The van der Waals surface area contributed by atoms with E-state index in [4.69, 9.17) is 0 Å². The van der Waals surface area contributed by atoms with Gasteiger partial charge in [-0.15, -0.1) is 0 Å². The fraction of sp³-hybridized carbons (Fsp3) is 0.0625. The number of hydrogen-bond donors (Lipinski definition) is 0. The molecule has 0 fully saturated rings. The number of nitrogens with zero attached hydrogens (tertiary/aromatic N) is 1. The Morgan fingerprint density at radius 2 is 1.33 bits per heavy atom. The van der Waals surface area contributed by atoms with E-state index in [9.17, 15) is 5.21 Å². The third-order valence-corrected chi connectivity index (χ3v) is 2.60. The number of benzene rings is 2. The van der Waals surface area contributed by atoms with Gasteiger partial charge in [0, 0.05) is 11.1 Å². The van der Waals surface area contributed by atoms with Crippen molar-refractivity contribution >= 4 is 5.71 Å². The van der Waals surface area contributed by atoms with Crippen LogP contribution in [0, 0.1) is 5.21 Å². The molecule has 0 unspecified atom stereocenters. The smallest absolute Gasteiger partial charge is 0.231 e. The van der Waals surface area contributed by atoms with Gasteiger partial charge in [0.1, 0.15) is 0 Å². The van der Waals surface area contributed by atoms with Gasteiger partial charge in [0.2, 0.25) is 5.71 Å². The molecule has 90 valence electrons. The molecule has 0 aliphatic heterocycles. The summed E-state index contributed by atoms with van der Waals surface area (Å²) in [5, 5.41) is 12.1. The summed E-state index contributed by atoms with van der Waals surface area (Å²) in [6.07, 6.45) is 3.26. The van der Waals surface area contributed by atoms with Crippen molar-refractivity contribution in [3.8, 4) is 0 Å². The number of allylic oxidation sites excluding steroid dienone is 1. The largest absolute Gasteiger partial charge is 0.618 e. The van der Waals surface area contributed by atoms with Gasteiger partial charge < -0.3 is 5.21 Å². The Bertz CT molecular complexity index is 515. The zero-order chi connectivity index (χ0) is 12.8. The van der Waals surface area contributed by atoms with E-state index in [0.717, 1.165) is 15.9 Å². The molecule has 0 aliphatic rings. The molecule has 0 radical (unpaired) electrons. The molecule has 0 saturated heterocycles. The lowest BCUT2D eigenvalue weighted by Crippen LogP contribution is -2.14. The van der Waals surface area contributed by atoms with E-state index in [1.54, 1.807) is 6.08 Å². The molecular weight excluding hydrogens is 222 g/mol. The highest BCUT2D eigenvalue weighted by Crippen LogP contribution is 2.10. The Morgan fingerprint density at radius 1 is 0.889 bits per heavy atom. The van der Waals surface area contributed by atoms with Crippen molar-refractivity contribution in [1.29, 1.82) is 0 Å². The maximum atomic E-state index is 12.1. The van der Waals surface area contributed by atoms with Gasteiger partial charge in [-0.2, -0.15) is 4.74 Å². The molecule has 0 heterocycles. The summed E-state index contributed by atoms with van der Waals surface area (Å²) in [6.45, 7) is 1.83. The molecule has 18 heavy (non-hydrogen) atoms. The van der Waals surface area contributed by atoms with Crippen LogP contribution in [-0.2, 0) is 0 Å². The maximum absolute atomic E-state index is 12.1. The highest BCUT2D eigenvalue weighted by atomic mass is 16.5. The minimum absolute atomic E-state index is 0.661. The van der Waals surface area contributed by atoms with Crippen LogP contribution in [0.3, 0.4) is 0 Å². The monoisotopic (exact) mass is 237 g/mol. The molecule has 0 spiro atoms. The summed E-state index contributed by atoms with van der Waals surface area (Å²) in [4.78, 5) is 0. The number of rotatable bonds is 3. The van der Waals surface area contributed by atoms with Gasteiger partial charge in [-0.25, -0.2) is 0 Å². The molecule has 0 atom stereocenters. The highest BCUT2D eigenvalue weighted by molar-refractivity contribution is 6.09. The van der Waals surface area contributed by atoms with Crippen molar-refractivity contribution in [2.45, 2.75) is 6.92 Å². The van der Waals surface area contributed by atoms with Gasteiger partial charge in [-0.1, -0.05) is 36.4 Å². The summed E-state index contributed by atoms with van der Waals surface area (Å²) in [7, 11) is 0. The van der Waals surface area contributed by atoms with Crippen LogP contribution >= 0.6 is 0 Å². The van der Waals surface area contributed by atoms with Crippen LogP contribution in [0.2, 0.25) is 0 Å². The molecule has 2 rings (SSSR count). The second-order valence-corrected chi connectivity index (χ2v) is 3.89. The van der Waals surface area contributed by atoms with Crippen molar-refractivity contribution in [2.24, 2.45) is 0 Å². The lowest BCUT2D eigenvalue weighted by atomic mass is 10.0. The summed E-state index contributed by atoms with van der Waals surface area (Å²) in [5.41, 5.74) is 2.49. The number of hydrogen-bond acceptors (Lipinski definition) is 1. The Labute approximate surface area is 107 Å². The molecule has 0 aromatic heterocycles. The third-order valence-electron chi connectivity index (χ3n) is 2.60. The second kappa shape index (κ2) is 5.82. The Hall–Kier alpha value is -2.35. The van der Waals surface area contributed by atoms with Crippen LogP contribution in [-0.4, -0.2) is 10.5 Å². The molecule has 0 bridgehead atoms. The van der Waals surface area contributed by atoms with E-state index in [0.29, 0.717) is 5.71 Å². The quantitative estimate of drug-likeness (QED) is 0.347. The second-order valence-electron chi connectivity index (χ2n) is 3.89. The molecule has 0 N–H and O–H groups in total. The average Bonchev–Trinajstić information content (AvgIpc) is 2.42. The lowest BCUT2D eigenvalue weighted by Gasteiger charge is -2.07. The van der Waals surface area contributed by atoms with E-state index >= 15 is 0 Å². The average molecular weight is 237 g/mol. The first kappa shape index (κ1) is 12.1. The lowest BCUT2D eigenvalue weighted by molar-refractivity contribution is -0.377. The van der Waals surface area contributed by atoms with Crippen molar-refractivity contribution in [3.05, 3.63) is 89.3 Å². The fourth-order valence-corrected chi connectivity index (χ4v) is 1.82. The zero-order valence-electron chi connectivity index (χ0n) is 10.3. The van der Waals surface area contributed by atoms with Gasteiger partial charge in [-0.3, -0.25) is 0 Å². The molecule has 0 amide bonds. The first-order valence-corrected chi connectivity index (χ1v) is 5.90. The van der Waals surface area contributed by atoms with E-state index in [1.165, 1.54) is 6.20 Å². The maximum Gasteiger partial charge on any atom is 0.231 e. The van der Waals surface area contributed by atoms with Crippen molar-refractivity contribution in [3.63, 3.8) is 0 Å². The van der Waals surface area contributed by atoms with Gasteiger partial charge in [-0.05, 0) is 37.3 Å².